The van der Waals surface area contributed by atoms with Crippen LogP contribution in [0.2, 0.25) is 0 Å². The first-order chi connectivity index (χ1) is 10.1. The van der Waals surface area contributed by atoms with Crippen molar-refractivity contribution in [2.45, 2.75) is 11.3 Å². The normalized spacial score (nSPS) is 18.0. The lowest BCUT2D eigenvalue weighted by molar-refractivity contribution is 0.205. The van der Waals surface area contributed by atoms with E-state index < -0.39 is 9.84 Å². The molecule has 0 atom stereocenters. The summed E-state index contributed by atoms with van der Waals surface area (Å²) >= 11 is 1.69. The summed E-state index contributed by atoms with van der Waals surface area (Å²) in [6.45, 7) is 1.41. The van der Waals surface area contributed by atoms with Gasteiger partial charge in [-0.2, -0.15) is 0 Å². The van der Waals surface area contributed by atoms with Crippen LogP contribution in [-0.4, -0.2) is 27.9 Å². The second-order valence-electron chi connectivity index (χ2n) is 5.05. The molecule has 0 saturated carbocycles. The summed E-state index contributed by atoms with van der Waals surface area (Å²) in [6, 6.07) is 11.2. The molecule has 2 heterocycles. The SMILES string of the molecule is CS(=O)(=O)c1ccc(/C(=C2/CCOC2)c2cccs2)cc1. The van der Waals surface area contributed by atoms with Gasteiger partial charge in [0, 0.05) is 16.7 Å². The Bertz CT molecular complexity index is 746. The monoisotopic (exact) mass is 320 g/mol. The largest absolute Gasteiger partial charge is 0.377 e. The lowest BCUT2D eigenvalue weighted by Gasteiger charge is -2.10. The second kappa shape index (κ2) is 5.75. The van der Waals surface area contributed by atoms with Gasteiger partial charge in [-0.25, -0.2) is 8.42 Å². The molecule has 2 aromatic rings. The quantitative estimate of drug-likeness (QED) is 0.871. The zero-order valence-corrected chi connectivity index (χ0v) is 13.3. The van der Waals surface area contributed by atoms with E-state index in [1.54, 1.807) is 23.5 Å². The predicted molar refractivity (Wildman–Crippen MR) is 85.3 cm³/mol. The molecule has 5 heteroatoms. The molecule has 0 bridgehead atoms. The van der Waals surface area contributed by atoms with E-state index in [9.17, 15) is 8.42 Å². The van der Waals surface area contributed by atoms with E-state index in [1.165, 1.54) is 22.3 Å². The molecule has 0 unspecified atom stereocenters. The molecular formula is C16H16O3S2. The average molecular weight is 320 g/mol. The molecular weight excluding hydrogens is 304 g/mol. The predicted octanol–water partition coefficient (Wildman–Crippen LogP) is 3.37. The van der Waals surface area contributed by atoms with Crippen LogP contribution in [0.1, 0.15) is 16.9 Å². The Balaban J connectivity index is 2.08. The molecule has 110 valence electrons. The molecule has 3 rings (SSSR count). The first-order valence-corrected chi connectivity index (χ1v) is 9.47. The number of thiophene rings is 1. The van der Waals surface area contributed by atoms with Crippen molar-refractivity contribution in [2.75, 3.05) is 19.5 Å². The molecule has 0 N–H and O–H groups in total. The van der Waals surface area contributed by atoms with Crippen molar-refractivity contribution in [1.82, 2.24) is 0 Å². The third-order valence-electron chi connectivity index (χ3n) is 3.52. The summed E-state index contributed by atoms with van der Waals surface area (Å²) in [5.41, 5.74) is 3.51. The Morgan fingerprint density at radius 3 is 2.48 bits per heavy atom. The van der Waals surface area contributed by atoms with Crippen LogP contribution in [-0.2, 0) is 14.6 Å². The van der Waals surface area contributed by atoms with Crippen LogP contribution >= 0.6 is 11.3 Å². The summed E-state index contributed by atoms with van der Waals surface area (Å²) in [5.74, 6) is 0. The van der Waals surface area contributed by atoms with Crippen molar-refractivity contribution in [2.24, 2.45) is 0 Å². The molecule has 0 radical (unpaired) electrons. The number of benzene rings is 1. The fraction of sp³-hybridized carbons (Fsp3) is 0.250. The highest BCUT2D eigenvalue weighted by Crippen LogP contribution is 2.33. The van der Waals surface area contributed by atoms with Crippen molar-refractivity contribution in [3.05, 3.63) is 57.8 Å². The summed E-state index contributed by atoms with van der Waals surface area (Å²) in [6.07, 6.45) is 2.16. The zero-order chi connectivity index (χ0) is 14.9. The highest BCUT2D eigenvalue weighted by molar-refractivity contribution is 7.90. The fourth-order valence-electron chi connectivity index (χ4n) is 2.47. The van der Waals surface area contributed by atoms with E-state index in [-0.39, 0.29) is 0 Å². The third kappa shape index (κ3) is 3.10. The Morgan fingerprint density at radius 2 is 1.95 bits per heavy atom. The van der Waals surface area contributed by atoms with E-state index in [0.717, 1.165) is 18.6 Å². The molecule has 0 spiro atoms. The maximum Gasteiger partial charge on any atom is 0.175 e. The van der Waals surface area contributed by atoms with Crippen LogP contribution in [0.25, 0.3) is 5.57 Å². The zero-order valence-electron chi connectivity index (χ0n) is 11.7. The lowest BCUT2D eigenvalue weighted by Crippen LogP contribution is -1.98. The first-order valence-electron chi connectivity index (χ1n) is 6.70. The molecule has 0 aliphatic carbocycles. The van der Waals surface area contributed by atoms with Gasteiger partial charge in [0.2, 0.25) is 0 Å². The Labute approximate surface area is 128 Å². The third-order valence-corrected chi connectivity index (χ3v) is 5.53. The van der Waals surface area contributed by atoms with Crippen molar-refractivity contribution in [3.8, 4) is 0 Å². The maximum atomic E-state index is 11.6. The number of sulfone groups is 1. The van der Waals surface area contributed by atoms with Crippen LogP contribution < -0.4 is 0 Å². The highest BCUT2D eigenvalue weighted by atomic mass is 32.2. The summed E-state index contributed by atoms with van der Waals surface area (Å²) in [4.78, 5) is 1.55. The molecule has 0 amide bonds. The standard InChI is InChI=1S/C16H16O3S2/c1-21(17,18)14-6-4-12(5-7-14)16(13-8-9-19-11-13)15-3-2-10-20-15/h2-7,10H,8-9,11H2,1H3/b16-13+. The summed E-state index contributed by atoms with van der Waals surface area (Å²) < 4.78 is 28.6. The van der Waals surface area contributed by atoms with Gasteiger partial charge >= 0.3 is 0 Å². The van der Waals surface area contributed by atoms with Gasteiger partial charge in [-0.15, -0.1) is 11.3 Å². The van der Waals surface area contributed by atoms with Crippen molar-refractivity contribution in [1.29, 1.82) is 0 Å². The first kappa shape index (κ1) is 14.5. The van der Waals surface area contributed by atoms with Gasteiger partial charge in [0.15, 0.2) is 9.84 Å². The fourth-order valence-corrected chi connectivity index (χ4v) is 3.94. The highest BCUT2D eigenvalue weighted by Gasteiger charge is 2.17. The van der Waals surface area contributed by atoms with Crippen LogP contribution in [0.15, 0.2) is 52.2 Å². The Kier molecular flexibility index (Phi) is 3.97. The number of hydrogen-bond acceptors (Lipinski definition) is 4. The van der Waals surface area contributed by atoms with Gasteiger partial charge < -0.3 is 4.74 Å². The van der Waals surface area contributed by atoms with Gasteiger partial charge in [0.05, 0.1) is 18.1 Å². The van der Waals surface area contributed by atoms with E-state index in [1.807, 2.05) is 18.2 Å². The van der Waals surface area contributed by atoms with Crippen molar-refractivity contribution < 1.29 is 13.2 Å². The summed E-state index contributed by atoms with van der Waals surface area (Å²) in [7, 11) is -3.16. The van der Waals surface area contributed by atoms with Gasteiger partial charge in [-0.1, -0.05) is 18.2 Å². The van der Waals surface area contributed by atoms with Crippen LogP contribution in [0.4, 0.5) is 0 Å². The van der Waals surface area contributed by atoms with Crippen LogP contribution in [0.5, 0.6) is 0 Å². The molecule has 1 fully saturated rings. The van der Waals surface area contributed by atoms with Crippen molar-refractivity contribution in [3.63, 3.8) is 0 Å². The molecule has 1 saturated heterocycles. The molecule has 21 heavy (non-hydrogen) atoms. The Hall–Kier alpha value is -1.43. The Morgan fingerprint density at radius 1 is 1.19 bits per heavy atom. The van der Waals surface area contributed by atoms with Gasteiger partial charge in [-0.05, 0) is 41.1 Å². The van der Waals surface area contributed by atoms with E-state index in [4.69, 9.17) is 4.74 Å². The van der Waals surface area contributed by atoms with Crippen LogP contribution in [0, 0.1) is 0 Å². The minimum atomic E-state index is -3.16. The molecule has 1 aliphatic rings. The number of hydrogen-bond donors (Lipinski definition) is 0. The molecule has 1 aromatic heterocycles. The molecule has 1 aromatic carbocycles. The van der Waals surface area contributed by atoms with Crippen LogP contribution in [0.3, 0.4) is 0 Å². The minimum Gasteiger partial charge on any atom is -0.377 e. The summed E-state index contributed by atoms with van der Waals surface area (Å²) in [5, 5.41) is 2.05. The molecule has 3 nitrogen and oxygen atoms in total. The lowest BCUT2D eigenvalue weighted by atomic mass is 9.98. The van der Waals surface area contributed by atoms with Crippen molar-refractivity contribution >= 4 is 26.7 Å². The smallest absolute Gasteiger partial charge is 0.175 e. The number of ether oxygens (including phenoxy) is 1. The van der Waals surface area contributed by atoms with E-state index in [2.05, 4.69) is 11.4 Å². The minimum absolute atomic E-state index is 0.351. The number of rotatable bonds is 3. The molecule has 1 aliphatic heterocycles. The van der Waals surface area contributed by atoms with E-state index >= 15 is 0 Å². The average Bonchev–Trinajstić information content (AvgIpc) is 3.12. The second-order valence-corrected chi connectivity index (χ2v) is 8.02. The van der Waals surface area contributed by atoms with Gasteiger partial charge in [0.25, 0.3) is 0 Å². The van der Waals surface area contributed by atoms with Gasteiger partial charge in [-0.3, -0.25) is 0 Å². The van der Waals surface area contributed by atoms with E-state index in [0.29, 0.717) is 11.5 Å². The van der Waals surface area contributed by atoms with Gasteiger partial charge in [0.1, 0.15) is 0 Å². The topological polar surface area (TPSA) is 43.4 Å². The maximum absolute atomic E-state index is 11.6.